The van der Waals surface area contributed by atoms with Crippen molar-refractivity contribution in [2.75, 3.05) is 19.0 Å². The summed E-state index contributed by atoms with van der Waals surface area (Å²) >= 11 is 1.32. The molecular weight excluding hydrogens is 415 g/mol. The summed E-state index contributed by atoms with van der Waals surface area (Å²) in [4.78, 5) is 2.05. The number of aryl methyl sites for hydroxylation is 2. The van der Waals surface area contributed by atoms with Crippen molar-refractivity contribution in [2.45, 2.75) is 25.6 Å². The number of rotatable bonds is 9. The molecule has 0 aliphatic carbocycles. The average molecular weight is 439 g/mol. The van der Waals surface area contributed by atoms with E-state index in [0.29, 0.717) is 25.3 Å². The zero-order valence-corrected chi connectivity index (χ0v) is 18.1. The monoisotopic (exact) mass is 438 g/mol. The summed E-state index contributed by atoms with van der Waals surface area (Å²) < 4.78 is 19.2. The zero-order valence-electron chi connectivity index (χ0n) is 17.3. The Balaban J connectivity index is 1.60. The van der Waals surface area contributed by atoms with Crippen molar-refractivity contribution in [1.82, 2.24) is 35.1 Å². The minimum atomic E-state index is -0.246. The molecule has 31 heavy (non-hydrogen) atoms. The number of nitrogens with one attached hydrogen (secondary N) is 1. The summed E-state index contributed by atoms with van der Waals surface area (Å²) in [7, 11) is 4.01. The van der Waals surface area contributed by atoms with E-state index in [1.807, 2.05) is 31.6 Å². The van der Waals surface area contributed by atoms with Gasteiger partial charge >= 0.3 is 0 Å². The lowest BCUT2D eigenvalue weighted by Gasteiger charge is -2.20. The van der Waals surface area contributed by atoms with E-state index in [9.17, 15) is 4.39 Å². The molecule has 0 spiro atoms. The maximum Gasteiger partial charge on any atom is 0.172 e. The molecule has 0 amide bonds. The smallest absolute Gasteiger partial charge is 0.172 e. The quantitative estimate of drug-likeness (QED) is 0.430. The molecule has 0 fully saturated rings. The van der Waals surface area contributed by atoms with Crippen LogP contribution >= 0.6 is 11.5 Å². The molecule has 1 unspecified atom stereocenters. The molecule has 10 heteroatoms. The molecule has 4 rings (SSSR count). The summed E-state index contributed by atoms with van der Waals surface area (Å²) in [5.41, 5.74) is 3.88. The fourth-order valence-corrected chi connectivity index (χ4v) is 3.76. The van der Waals surface area contributed by atoms with Gasteiger partial charge < -0.3 is 4.90 Å². The number of tetrazole rings is 1. The Morgan fingerprint density at radius 3 is 2.77 bits per heavy atom. The van der Waals surface area contributed by atoms with Crippen molar-refractivity contribution >= 4 is 17.2 Å². The number of nitrogens with zero attached hydrogens (tertiary/aromatic N) is 7. The number of aromatic nitrogens is 6. The van der Waals surface area contributed by atoms with Crippen LogP contribution in [-0.4, -0.2) is 43.9 Å². The number of halogens is 1. The van der Waals surface area contributed by atoms with Gasteiger partial charge in [0, 0.05) is 38.3 Å². The van der Waals surface area contributed by atoms with Crippen LogP contribution in [0.4, 0.5) is 10.1 Å². The Hall–Kier alpha value is -3.24. The first-order valence-corrected chi connectivity index (χ1v) is 10.7. The molecule has 0 radical (unpaired) electrons. The van der Waals surface area contributed by atoms with Crippen LogP contribution in [0.15, 0.2) is 53.9 Å². The van der Waals surface area contributed by atoms with Crippen LogP contribution in [0, 0.1) is 5.82 Å². The first kappa shape index (κ1) is 21.0. The lowest BCUT2D eigenvalue weighted by atomic mass is 10.0. The molecule has 0 saturated carbocycles. The molecule has 1 N–H and O–H groups in total. The summed E-state index contributed by atoms with van der Waals surface area (Å²) in [6, 6.07) is 14.6. The van der Waals surface area contributed by atoms with Gasteiger partial charge in [0.2, 0.25) is 0 Å². The normalized spacial score (nSPS) is 12.1. The Kier molecular flexibility index (Phi) is 6.58. The molecule has 2 heterocycles. The number of hydrogen-bond acceptors (Lipinski definition) is 8. The average Bonchev–Trinajstić information content (AvgIpc) is 3.45. The van der Waals surface area contributed by atoms with Crippen molar-refractivity contribution in [1.29, 1.82) is 0 Å². The lowest BCUT2D eigenvalue weighted by Crippen LogP contribution is -2.26. The van der Waals surface area contributed by atoms with Crippen molar-refractivity contribution in [2.24, 2.45) is 0 Å². The van der Waals surface area contributed by atoms with Gasteiger partial charge in [0.25, 0.3) is 0 Å². The Morgan fingerprint density at radius 1 is 1.13 bits per heavy atom. The van der Waals surface area contributed by atoms with Gasteiger partial charge in [0.15, 0.2) is 5.82 Å². The number of anilines is 1. The van der Waals surface area contributed by atoms with E-state index in [0.717, 1.165) is 22.5 Å². The van der Waals surface area contributed by atoms with Gasteiger partial charge in [-0.05, 0) is 63.8 Å². The van der Waals surface area contributed by atoms with Gasteiger partial charge in [-0.3, -0.25) is 5.32 Å². The molecule has 0 bridgehead atoms. The summed E-state index contributed by atoms with van der Waals surface area (Å²) in [5, 5.41) is 22.0. The van der Waals surface area contributed by atoms with Crippen LogP contribution < -0.4 is 10.2 Å². The maximum absolute atomic E-state index is 13.5. The molecule has 160 valence electrons. The maximum atomic E-state index is 13.5. The van der Waals surface area contributed by atoms with E-state index in [1.165, 1.54) is 23.7 Å². The van der Waals surface area contributed by atoms with Gasteiger partial charge in [-0.25, -0.2) is 9.07 Å². The third kappa shape index (κ3) is 5.28. The van der Waals surface area contributed by atoms with E-state index in [-0.39, 0.29) is 11.9 Å². The highest BCUT2D eigenvalue weighted by atomic mass is 32.1. The zero-order chi connectivity index (χ0) is 21.6. The molecule has 2 aromatic carbocycles. The van der Waals surface area contributed by atoms with E-state index in [1.54, 1.807) is 10.7 Å². The van der Waals surface area contributed by atoms with Gasteiger partial charge in [0.1, 0.15) is 5.82 Å². The lowest BCUT2D eigenvalue weighted by molar-refractivity contribution is 0.500. The Bertz CT molecular complexity index is 1110. The third-order valence-corrected chi connectivity index (χ3v) is 5.48. The van der Waals surface area contributed by atoms with Crippen molar-refractivity contribution in [3.63, 3.8) is 0 Å². The second kappa shape index (κ2) is 9.71. The molecule has 1 atom stereocenters. The predicted octanol–water partition coefficient (Wildman–Crippen LogP) is 2.85. The molecule has 4 aromatic rings. The molecule has 0 aliphatic rings. The van der Waals surface area contributed by atoms with Gasteiger partial charge in [-0.1, -0.05) is 28.8 Å². The first-order chi connectivity index (χ1) is 15.1. The van der Waals surface area contributed by atoms with Crippen LogP contribution in [0.25, 0.3) is 0 Å². The van der Waals surface area contributed by atoms with Gasteiger partial charge in [0.05, 0.1) is 11.7 Å². The van der Waals surface area contributed by atoms with Crippen LogP contribution in [0.5, 0.6) is 0 Å². The van der Waals surface area contributed by atoms with Crippen LogP contribution in [0.2, 0.25) is 0 Å². The van der Waals surface area contributed by atoms with E-state index in [4.69, 9.17) is 0 Å². The fraction of sp³-hybridized carbons (Fsp3) is 0.286. The second-order valence-electron chi connectivity index (χ2n) is 7.34. The Labute approximate surface area is 183 Å². The highest BCUT2D eigenvalue weighted by Gasteiger charge is 2.22. The predicted molar refractivity (Wildman–Crippen MR) is 117 cm³/mol. The molecule has 0 aliphatic heterocycles. The van der Waals surface area contributed by atoms with Crippen molar-refractivity contribution < 1.29 is 4.39 Å². The number of hydrogen-bond donors (Lipinski definition) is 1. The van der Waals surface area contributed by atoms with E-state index < -0.39 is 0 Å². The van der Waals surface area contributed by atoms with Gasteiger partial charge in [-0.15, -0.1) is 10.2 Å². The molecule has 2 aromatic heterocycles. The largest absolute Gasteiger partial charge is 0.378 e. The topological polar surface area (TPSA) is 84.7 Å². The van der Waals surface area contributed by atoms with Crippen LogP contribution in [0.3, 0.4) is 0 Å². The van der Waals surface area contributed by atoms with Gasteiger partial charge in [-0.2, -0.15) is 0 Å². The third-order valence-electron chi connectivity index (χ3n) is 4.93. The minimum Gasteiger partial charge on any atom is -0.378 e. The van der Waals surface area contributed by atoms with E-state index >= 15 is 0 Å². The molecule has 8 nitrogen and oxygen atoms in total. The fourth-order valence-electron chi connectivity index (χ4n) is 3.31. The minimum absolute atomic E-state index is 0.244. The van der Waals surface area contributed by atoms with Crippen LogP contribution in [0.1, 0.15) is 28.7 Å². The SMILES string of the molecule is CN(C)c1cccc(C(NCc2csnn2)c2nnnn2CCc2cccc(F)c2)c1. The summed E-state index contributed by atoms with van der Waals surface area (Å²) in [5.74, 6) is 0.446. The van der Waals surface area contributed by atoms with Crippen molar-refractivity contribution in [3.05, 3.63) is 82.4 Å². The Morgan fingerprint density at radius 2 is 2.00 bits per heavy atom. The highest BCUT2D eigenvalue weighted by molar-refractivity contribution is 7.03. The highest BCUT2D eigenvalue weighted by Crippen LogP contribution is 2.24. The standard InChI is InChI=1S/C21H23FN8S/c1-29(2)19-8-4-6-16(12-19)20(23-13-18-14-31-28-24-18)21-25-26-27-30(21)10-9-15-5-3-7-17(22)11-15/h3-8,11-12,14,20,23H,9-10,13H2,1-2H3. The molecular formula is C21H23FN8S. The second-order valence-corrected chi connectivity index (χ2v) is 7.95. The summed E-state index contributed by atoms with van der Waals surface area (Å²) in [6.45, 7) is 1.07. The first-order valence-electron chi connectivity index (χ1n) is 9.87. The molecule has 0 saturated heterocycles. The van der Waals surface area contributed by atoms with Crippen LogP contribution in [-0.2, 0) is 19.5 Å². The van der Waals surface area contributed by atoms with E-state index in [2.05, 4.69) is 53.5 Å². The number of benzene rings is 2. The summed E-state index contributed by atoms with van der Waals surface area (Å²) in [6.07, 6.45) is 0.621. The van der Waals surface area contributed by atoms with Crippen molar-refractivity contribution in [3.8, 4) is 0 Å².